The number of benzene rings is 2. The summed E-state index contributed by atoms with van der Waals surface area (Å²) in [5.41, 5.74) is 0. The zero-order valence-electron chi connectivity index (χ0n) is 16.5. The maximum Gasteiger partial charge on any atom is 0.261 e. The first kappa shape index (κ1) is 19.3. The Hall–Kier alpha value is -1.42. The fourth-order valence-electron chi connectivity index (χ4n) is 4.23. The summed E-state index contributed by atoms with van der Waals surface area (Å²) < 4.78 is 6.96. The quantitative estimate of drug-likeness (QED) is 0.749. The van der Waals surface area contributed by atoms with Crippen LogP contribution in [-0.2, 0) is 4.43 Å². The molecule has 3 heteroatoms. The third kappa shape index (κ3) is 3.95. The second-order valence-electron chi connectivity index (χ2n) is 8.81. The smallest absolute Gasteiger partial charge is 0.261 e. The van der Waals surface area contributed by atoms with Gasteiger partial charge in [0.05, 0.1) is 6.10 Å². The normalized spacial score (nSPS) is 21.4. The molecule has 2 nitrogen and oxygen atoms in total. The first-order valence-electron chi connectivity index (χ1n) is 9.77. The van der Waals surface area contributed by atoms with Crippen LogP contribution >= 0.6 is 0 Å². The van der Waals surface area contributed by atoms with Gasteiger partial charge in [-0.05, 0) is 47.0 Å². The van der Waals surface area contributed by atoms with E-state index in [2.05, 4.69) is 81.4 Å². The van der Waals surface area contributed by atoms with Crippen LogP contribution < -0.4 is 10.4 Å². The first-order chi connectivity index (χ1) is 12.3. The van der Waals surface area contributed by atoms with Crippen LogP contribution in [0, 0.1) is 11.8 Å². The van der Waals surface area contributed by atoms with E-state index in [0.717, 1.165) is 13.0 Å². The van der Waals surface area contributed by atoms with E-state index in [4.69, 9.17) is 4.43 Å². The van der Waals surface area contributed by atoms with Crippen LogP contribution in [0.4, 0.5) is 0 Å². The SMILES string of the molecule is CC(O)C[C@H]1C[C@@H]1CO[Si](c1ccccc1)(c1ccccc1)C(C)(C)C. The van der Waals surface area contributed by atoms with Crippen LogP contribution in [-0.4, -0.2) is 26.1 Å². The summed E-state index contributed by atoms with van der Waals surface area (Å²) in [6, 6.07) is 21.6. The summed E-state index contributed by atoms with van der Waals surface area (Å²) in [6.45, 7) is 9.64. The van der Waals surface area contributed by atoms with Crippen molar-refractivity contribution in [2.24, 2.45) is 11.8 Å². The molecule has 2 aromatic carbocycles. The van der Waals surface area contributed by atoms with E-state index in [1.807, 2.05) is 6.92 Å². The van der Waals surface area contributed by atoms with Gasteiger partial charge in [0.1, 0.15) is 0 Å². The molecule has 26 heavy (non-hydrogen) atoms. The van der Waals surface area contributed by atoms with Crippen molar-refractivity contribution in [1.29, 1.82) is 0 Å². The maximum atomic E-state index is 9.66. The van der Waals surface area contributed by atoms with E-state index < -0.39 is 8.32 Å². The minimum atomic E-state index is -2.40. The van der Waals surface area contributed by atoms with E-state index in [-0.39, 0.29) is 11.1 Å². The van der Waals surface area contributed by atoms with Crippen LogP contribution in [0.25, 0.3) is 0 Å². The molecule has 3 rings (SSSR count). The van der Waals surface area contributed by atoms with Gasteiger partial charge in [-0.3, -0.25) is 0 Å². The number of aliphatic hydroxyl groups is 1. The number of rotatable bonds is 7. The molecule has 0 amide bonds. The lowest BCUT2D eigenvalue weighted by Gasteiger charge is -2.43. The molecule has 140 valence electrons. The van der Waals surface area contributed by atoms with Crippen LogP contribution in [0.5, 0.6) is 0 Å². The molecule has 3 atom stereocenters. The second-order valence-corrected chi connectivity index (χ2v) is 13.1. The van der Waals surface area contributed by atoms with Gasteiger partial charge < -0.3 is 9.53 Å². The summed E-state index contributed by atoms with van der Waals surface area (Å²) in [7, 11) is -2.40. The van der Waals surface area contributed by atoms with Crippen molar-refractivity contribution in [3.05, 3.63) is 60.7 Å². The van der Waals surface area contributed by atoms with Crippen molar-refractivity contribution in [2.75, 3.05) is 6.61 Å². The number of hydrogen-bond donors (Lipinski definition) is 1. The largest absolute Gasteiger partial charge is 0.407 e. The van der Waals surface area contributed by atoms with Crippen molar-refractivity contribution in [3.8, 4) is 0 Å². The molecule has 1 unspecified atom stereocenters. The van der Waals surface area contributed by atoms with E-state index in [1.54, 1.807) is 0 Å². The Morgan fingerprint density at radius 3 is 1.88 bits per heavy atom. The third-order valence-electron chi connectivity index (χ3n) is 5.64. The highest BCUT2D eigenvalue weighted by atomic mass is 28.4. The van der Waals surface area contributed by atoms with E-state index in [9.17, 15) is 5.11 Å². The van der Waals surface area contributed by atoms with Crippen molar-refractivity contribution in [1.82, 2.24) is 0 Å². The van der Waals surface area contributed by atoms with Gasteiger partial charge in [0.2, 0.25) is 0 Å². The minimum absolute atomic E-state index is 0.0321. The molecular formula is C23H32O2Si. The van der Waals surface area contributed by atoms with Gasteiger partial charge in [-0.1, -0.05) is 81.4 Å². The average Bonchev–Trinajstić information content (AvgIpc) is 3.33. The fraction of sp³-hybridized carbons (Fsp3) is 0.478. The Balaban J connectivity index is 1.94. The summed E-state index contributed by atoms with van der Waals surface area (Å²) in [5, 5.41) is 12.4. The highest BCUT2D eigenvalue weighted by molar-refractivity contribution is 6.99. The van der Waals surface area contributed by atoms with Gasteiger partial charge in [-0.25, -0.2) is 0 Å². The molecule has 0 heterocycles. The first-order valence-corrected chi connectivity index (χ1v) is 11.7. The monoisotopic (exact) mass is 368 g/mol. The lowest BCUT2D eigenvalue weighted by atomic mass is 10.2. The molecule has 1 aliphatic carbocycles. The second kappa shape index (κ2) is 7.67. The predicted molar refractivity (Wildman–Crippen MR) is 111 cm³/mol. The molecular weight excluding hydrogens is 336 g/mol. The number of aliphatic hydroxyl groups excluding tert-OH is 1. The summed E-state index contributed by atoms with van der Waals surface area (Å²) in [5.74, 6) is 1.21. The van der Waals surface area contributed by atoms with Gasteiger partial charge in [0.25, 0.3) is 8.32 Å². The molecule has 0 aromatic heterocycles. The van der Waals surface area contributed by atoms with Crippen LogP contribution in [0.2, 0.25) is 5.04 Å². The Kier molecular flexibility index (Phi) is 5.71. The molecule has 1 N–H and O–H groups in total. The Labute approximate surface area is 159 Å². The van der Waals surface area contributed by atoms with Gasteiger partial charge in [-0.15, -0.1) is 0 Å². The third-order valence-corrected chi connectivity index (χ3v) is 10.6. The molecule has 0 spiro atoms. The van der Waals surface area contributed by atoms with Crippen molar-refractivity contribution < 1.29 is 9.53 Å². The highest BCUT2D eigenvalue weighted by Crippen LogP contribution is 2.44. The van der Waals surface area contributed by atoms with Gasteiger partial charge >= 0.3 is 0 Å². The summed E-state index contributed by atoms with van der Waals surface area (Å²) in [4.78, 5) is 0. The standard InChI is InChI=1S/C23H32O2Si/c1-18(24)15-19-16-20(19)17-25-26(23(2,3)4,21-11-7-5-8-12-21)22-13-9-6-10-14-22/h5-14,18-20,24H,15-17H2,1-4H3/t18?,19-,20+/m0/s1. The van der Waals surface area contributed by atoms with Crippen molar-refractivity contribution in [3.63, 3.8) is 0 Å². The fourth-order valence-corrected chi connectivity index (χ4v) is 8.85. The van der Waals surface area contributed by atoms with E-state index in [1.165, 1.54) is 16.8 Å². The molecule has 0 saturated heterocycles. The maximum absolute atomic E-state index is 9.66. The highest BCUT2D eigenvalue weighted by Gasteiger charge is 2.51. The average molecular weight is 369 g/mol. The number of hydrogen-bond acceptors (Lipinski definition) is 2. The molecule has 1 aliphatic rings. The summed E-state index contributed by atoms with van der Waals surface area (Å²) >= 11 is 0. The van der Waals surface area contributed by atoms with Gasteiger partial charge in [0, 0.05) is 6.61 Å². The van der Waals surface area contributed by atoms with Gasteiger partial charge in [-0.2, -0.15) is 0 Å². The van der Waals surface area contributed by atoms with Crippen molar-refractivity contribution in [2.45, 2.75) is 51.7 Å². The molecule has 2 aromatic rings. The molecule has 0 radical (unpaired) electrons. The predicted octanol–water partition coefficient (Wildman–Crippen LogP) is 3.97. The van der Waals surface area contributed by atoms with Crippen LogP contribution in [0.15, 0.2) is 60.7 Å². The van der Waals surface area contributed by atoms with Gasteiger partial charge in [0.15, 0.2) is 0 Å². The minimum Gasteiger partial charge on any atom is -0.407 e. The van der Waals surface area contributed by atoms with E-state index >= 15 is 0 Å². The summed E-state index contributed by atoms with van der Waals surface area (Å²) in [6.07, 6.45) is 1.87. The zero-order chi connectivity index (χ0) is 18.8. The molecule has 0 bridgehead atoms. The Morgan fingerprint density at radius 2 is 1.46 bits per heavy atom. The van der Waals surface area contributed by atoms with Crippen molar-refractivity contribution >= 4 is 18.7 Å². The molecule has 1 saturated carbocycles. The van der Waals surface area contributed by atoms with Crippen LogP contribution in [0.3, 0.4) is 0 Å². The Bertz CT molecular complexity index is 652. The molecule has 0 aliphatic heterocycles. The van der Waals surface area contributed by atoms with E-state index in [0.29, 0.717) is 11.8 Å². The Morgan fingerprint density at radius 1 is 0.962 bits per heavy atom. The van der Waals surface area contributed by atoms with Crippen LogP contribution in [0.1, 0.15) is 40.5 Å². The zero-order valence-corrected chi connectivity index (χ0v) is 17.5. The molecule has 1 fully saturated rings. The topological polar surface area (TPSA) is 29.5 Å². The lowest BCUT2D eigenvalue weighted by molar-refractivity contribution is 0.171. The lowest BCUT2D eigenvalue weighted by Crippen LogP contribution is -2.66.